The van der Waals surface area contributed by atoms with Gasteiger partial charge in [-0.15, -0.1) is 0 Å². The second kappa shape index (κ2) is 5.78. The molecule has 2 atom stereocenters. The van der Waals surface area contributed by atoms with Gasteiger partial charge in [0.15, 0.2) is 0 Å². The molecule has 0 aromatic heterocycles. The highest BCUT2D eigenvalue weighted by atomic mass is 16.5. The van der Waals surface area contributed by atoms with Gasteiger partial charge >= 0.3 is 0 Å². The quantitative estimate of drug-likeness (QED) is 0.631. The van der Waals surface area contributed by atoms with Crippen molar-refractivity contribution in [1.29, 1.82) is 0 Å². The zero-order valence-corrected chi connectivity index (χ0v) is 14.7. The van der Waals surface area contributed by atoms with Gasteiger partial charge in [-0.25, -0.2) is 0 Å². The molecule has 1 saturated heterocycles. The third kappa shape index (κ3) is 1.93. The van der Waals surface area contributed by atoms with Gasteiger partial charge in [-0.1, -0.05) is 48.5 Å². The number of benzene rings is 2. The summed E-state index contributed by atoms with van der Waals surface area (Å²) in [4.78, 5) is 27.9. The lowest BCUT2D eigenvalue weighted by Crippen LogP contribution is -2.41. The number of imide groups is 1. The molecule has 0 unspecified atom stereocenters. The normalized spacial score (nSPS) is 28.1. The SMILES string of the molecule is COCCCN1C(=O)[C@@H]2C3c4ccccc4C(c4ccccc43)[C@@H]2C1=O. The summed E-state index contributed by atoms with van der Waals surface area (Å²) in [5.74, 6) is -0.563. The van der Waals surface area contributed by atoms with E-state index in [0.29, 0.717) is 19.6 Å². The van der Waals surface area contributed by atoms with Crippen LogP contribution in [0.1, 0.15) is 40.5 Å². The van der Waals surface area contributed by atoms with Gasteiger partial charge in [-0.2, -0.15) is 0 Å². The molecular weight excluding hydrogens is 326 g/mol. The number of carbonyl (C=O) groups is 2. The molecule has 4 heteroatoms. The smallest absolute Gasteiger partial charge is 0.234 e. The standard InChI is InChI=1S/C22H21NO3/c1-26-12-6-11-23-21(24)19-17-13-7-2-3-8-14(13)18(20(19)22(23)25)16-10-5-4-9-15(16)17/h2-5,7-10,17-20H,6,11-12H2,1H3/t17?,18?,19-,20+. The number of rotatable bonds is 4. The largest absolute Gasteiger partial charge is 0.385 e. The summed E-state index contributed by atoms with van der Waals surface area (Å²) >= 11 is 0. The molecule has 2 bridgehead atoms. The van der Waals surface area contributed by atoms with E-state index in [-0.39, 0.29) is 35.5 Å². The van der Waals surface area contributed by atoms with E-state index in [0.717, 1.165) is 0 Å². The third-order valence-corrected chi connectivity index (χ3v) is 6.27. The van der Waals surface area contributed by atoms with Crippen molar-refractivity contribution in [2.75, 3.05) is 20.3 Å². The van der Waals surface area contributed by atoms with E-state index in [1.807, 2.05) is 24.3 Å². The number of likely N-dealkylation sites (tertiary alicyclic amines) is 1. The molecule has 26 heavy (non-hydrogen) atoms. The van der Waals surface area contributed by atoms with Crippen LogP contribution in [0.15, 0.2) is 48.5 Å². The van der Waals surface area contributed by atoms with Crippen molar-refractivity contribution >= 4 is 11.8 Å². The Hall–Kier alpha value is -2.46. The van der Waals surface area contributed by atoms with Crippen LogP contribution in [-0.2, 0) is 14.3 Å². The maximum atomic E-state index is 13.2. The van der Waals surface area contributed by atoms with Crippen molar-refractivity contribution in [3.8, 4) is 0 Å². The molecule has 0 spiro atoms. The van der Waals surface area contributed by atoms with Crippen LogP contribution in [0.5, 0.6) is 0 Å². The summed E-state index contributed by atoms with van der Waals surface area (Å²) in [7, 11) is 1.64. The fourth-order valence-electron chi connectivity index (χ4n) is 5.33. The zero-order chi connectivity index (χ0) is 17.8. The summed E-state index contributed by atoms with van der Waals surface area (Å²) in [6, 6.07) is 16.7. The molecule has 1 heterocycles. The first-order valence-corrected chi connectivity index (χ1v) is 9.26. The Morgan fingerprint density at radius 2 is 1.23 bits per heavy atom. The minimum absolute atomic E-state index is 0.00453. The Labute approximate surface area is 152 Å². The van der Waals surface area contributed by atoms with E-state index in [9.17, 15) is 9.59 Å². The summed E-state index contributed by atoms with van der Waals surface area (Å²) in [6.07, 6.45) is 0.683. The maximum Gasteiger partial charge on any atom is 0.234 e. The van der Waals surface area contributed by atoms with E-state index in [4.69, 9.17) is 4.74 Å². The summed E-state index contributed by atoms with van der Waals surface area (Å²) in [5.41, 5.74) is 4.88. The molecular formula is C22H21NO3. The monoisotopic (exact) mass is 347 g/mol. The van der Waals surface area contributed by atoms with Gasteiger partial charge in [0.2, 0.25) is 11.8 Å². The number of methoxy groups -OCH3 is 1. The van der Waals surface area contributed by atoms with Gasteiger partial charge in [-0.3, -0.25) is 14.5 Å². The summed E-state index contributed by atoms with van der Waals surface area (Å²) < 4.78 is 5.10. The van der Waals surface area contributed by atoms with Gasteiger partial charge in [0.1, 0.15) is 0 Å². The maximum absolute atomic E-state index is 13.2. The van der Waals surface area contributed by atoms with Crippen molar-refractivity contribution in [2.24, 2.45) is 11.8 Å². The average molecular weight is 347 g/mol. The molecule has 0 N–H and O–H groups in total. The number of nitrogens with zero attached hydrogens (tertiary/aromatic N) is 1. The van der Waals surface area contributed by atoms with Crippen molar-refractivity contribution in [1.82, 2.24) is 4.90 Å². The fourth-order valence-corrected chi connectivity index (χ4v) is 5.33. The topological polar surface area (TPSA) is 46.6 Å². The van der Waals surface area contributed by atoms with Crippen LogP contribution in [-0.4, -0.2) is 37.0 Å². The van der Waals surface area contributed by atoms with Crippen molar-refractivity contribution in [2.45, 2.75) is 18.3 Å². The first-order chi connectivity index (χ1) is 12.7. The van der Waals surface area contributed by atoms with E-state index in [1.165, 1.54) is 27.2 Å². The van der Waals surface area contributed by atoms with Gasteiger partial charge in [0.05, 0.1) is 11.8 Å². The predicted molar refractivity (Wildman–Crippen MR) is 96.8 cm³/mol. The number of hydrogen-bond acceptors (Lipinski definition) is 3. The fraction of sp³-hybridized carbons (Fsp3) is 0.364. The number of carbonyl (C=O) groups excluding carboxylic acids is 2. The minimum atomic E-state index is -0.264. The molecule has 2 amide bonds. The molecule has 6 rings (SSSR count). The zero-order valence-electron chi connectivity index (χ0n) is 14.7. The average Bonchev–Trinajstić information content (AvgIpc) is 2.93. The Kier molecular flexibility index (Phi) is 3.50. The van der Waals surface area contributed by atoms with E-state index in [2.05, 4.69) is 24.3 Å². The molecule has 2 aromatic rings. The lowest BCUT2D eigenvalue weighted by Gasteiger charge is -2.45. The third-order valence-electron chi connectivity index (χ3n) is 6.27. The van der Waals surface area contributed by atoms with Crippen LogP contribution in [0.3, 0.4) is 0 Å². The van der Waals surface area contributed by atoms with Crippen LogP contribution in [0, 0.1) is 11.8 Å². The van der Waals surface area contributed by atoms with Crippen LogP contribution >= 0.6 is 0 Å². The number of hydrogen-bond donors (Lipinski definition) is 0. The lowest BCUT2D eigenvalue weighted by atomic mass is 9.55. The summed E-state index contributed by atoms with van der Waals surface area (Å²) in [6.45, 7) is 1.00. The Morgan fingerprint density at radius 1 is 0.808 bits per heavy atom. The van der Waals surface area contributed by atoms with Gasteiger partial charge in [0, 0.05) is 32.1 Å². The molecule has 0 saturated carbocycles. The Bertz CT molecular complexity index is 790. The molecule has 4 aliphatic rings. The Morgan fingerprint density at radius 3 is 1.62 bits per heavy atom. The Balaban J connectivity index is 1.64. The number of ether oxygens (including phenoxy) is 1. The van der Waals surface area contributed by atoms with Crippen LogP contribution in [0.4, 0.5) is 0 Å². The van der Waals surface area contributed by atoms with E-state index in [1.54, 1.807) is 7.11 Å². The molecule has 2 aromatic carbocycles. The van der Waals surface area contributed by atoms with Crippen molar-refractivity contribution < 1.29 is 14.3 Å². The highest BCUT2D eigenvalue weighted by Crippen LogP contribution is 2.60. The van der Waals surface area contributed by atoms with Crippen molar-refractivity contribution in [3.63, 3.8) is 0 Å². The van der Waals surface area contributed by atoms with E-state index < -0.39 is 0 Å². The minimum Gasteiger partial charge on any atom is -0.385 e. The van der Waals surface area contributed by atoms with Crippen LogP contribution in [0.2, 0.25) is 0 Å². The highest BCUT2D eigenvalue weighted by Gasteiger charge is 2.61. The molecule has 0 radical (unpaired) electrons. The first-order valence-electron chi connectivity index (χ1n) is 9.26. The van der Waals surface area contributed by atoms with Gasteiger partial charge in [-0.05, 0) is 28.7 Å². The van der Waals surface area contributed by atoms with E-state index >= 15 is 0 Å². The van der Waals surface area contributed by atoms with Gasteiger partial charge < -0.3 is 4.74 Å². The lowest BCUT2D eigenvalue weighted by molar-refractivity contribution is -0.140. The second-order valence-corrected chi connectivity index (χ2v) is 7.44. The molecule has 1 aliphatic heterocycles. The van der Waals surface area contributed by atoms with Crippen molar-refractivity contribution in [3.05, 3.63) is 70.8 Å². The molecule has 3 aliphatic carbocycles. The molecule has 1 fully saturated rings. The molecule has 4 nitrogen and oxygen atoms in total. The first kappa shape index (κ1) is 15.8. The van der Waals surface area contributed by atoms with Gasteiger partial charge in [0.25, 0.3) is 0 Å². The predicted octanol–water partition coefficient (Wildman–Crippen LogP) is 2.92. The summed E-state index contributed by atoms with van der Waals surface area (Å²) in [5, 5.41) is 0. The second-order valence-electron chi connectivity index (χ2n) is 7.44. The number of amides is 2. The molecule has 132 valence electrons. The highest BCUT2D eigenvalue weighted by molar-refractivity contribution is 6.07. The van der Waals surface area contributed by atoms with Crippen LogP contribution in [0.25, 0.3) is 0 Å². The van der Waals surface area contributed by atoms with Crippen LogP contribution < -0.4 is 0 Å².